The summed E-state index contributed by atoms with van der Waals surface area (Å²) in [6, 6.07) is 4.34. The number of pyridine rings is 1. The number of rotatable bonds is 7. The van der Waals surface area contributed by atoms with Crippen LogP contribution in [0.1, 0.15) is 68.4 Å². The van der Waals surface area contributed by atoms with Crippen molar-refractivity contribution >= 4 is 29.1 Å². The summed E-state index contributed by atoms with van der Waals surface area (Å²) in [6.07, 6.45) is 6.31. The summed E-state index contributed by atoms with van der Waals surface area (Å²) in [4.78, 5) is 33.6. The number of halogens is 1. The van der Waals surface area contributed by atoms with Gasteiger partial charge in [-0.25, -0.2) is 15.0 Å². The molecule has 3 aromatic rings. The molecule has 2 saturated heterocycles. The Labute approximate surface area is 240 Å². The van der Waals surface area contributed by atoms with E-state index < -0.39 is 0 Å². The Morgan fingerprint density at radius 3 is 2.60 bits per heavy atom. The maximum Gasteiger partial charge on any atom is 0.267 e. The standard InChI is InChI=1S/C28H38ClN9O2/c1-5-7-24-34-35-27(40-24)22-14-31-26(18(4)32-22)37-16-19(6-2)38(15-17(37)3)20-10-12-36(13-11-20)28(39)21-8-9-23(29)33-25(21)30/h8-9,14,17,19-20H,5-7,10-13,15-16H2,1-4H3,(H2,30,33)/t17-,19+/m1/s1. The van der Waals surface area contributed by atoms with Crippen LogP contribution in [0.25, 0.3) is 11.6 Å². The van der Waals surface area contributed by atoms with Crippen molar-refractivity contribution in [1.29, 1.82) is 0 Å². The first kappa shape index (κ1) is 28.2. The lowest BCUT2D eigenvalue weighted by Crippen LogP contribution is -2.62. The summed E-state index contributed by atoms with van der Waals surface area (Å²) >= 11 is 5.91. The fraction of sp³-hybridized carbons (Fsp3) is 0.571. The maximum absolute atomic E-state index is 13.1. The Kier molecular flexibility index (Phi) is 8.51. The third kappa shape index (κ3) is 5.76. The number of nitrogens with zero attached hydrogens (tertiary/aromatic N) is 8. The van der Waals surface area contributed by atoms with Crippen LogP contribution in [-0.2, 0) is 6.42 Å². The van der Waals surface area contributed by atoms with Crippen LogP contribution >= 0.6 is 11.6 Å². The fourth-order valence-electron chi connectivity index (χ4n) is 5.90. The van der Waals surface area contributed by atoms with Gasteiger partial charge in [-0.05, 0) is 51.7 Å². The van der Waals surface area contributed by atoms with Crippen LogP contribution in [0.15, 0.2) is 22.7 Å². The number of aryl methyl sites for hydroxylation is 2. The number of piperidine rings is 1. The van der Waals surface area contributed by atoms with Gasteiger partial charge >= 0.3 is 0 Å². The lowest BCUT2D eigenvalue weighted by Gasteiger charge is -2.50. The van der Waals surface area contributed by atoms with E-state index in [1.165, 1.54) is 0 Å². The molecule has 0 spiro atoms. The lowest BCUT2D eigenvalue weighted by molar-refractivity contribution is 0.0435. The molecule has 3 aromatic heterocycles. The minimum atomic E-state index is -0.0787. The minimum Gasteiger partial charge on any atom is -0.419 e. The van der Waals surface area contributed by atoms with Gasteiger partial charge in [-0.1, -0.05) is 25.4 Å². The lowest BCUT2D eigenvalue weighted by atomic mass is 9.96. The third-order valence-corrected chi connectivity index (χ3v) is 8.25. The molecule has 2 N–H and O–H groups in total. The van der Waals surface area contributed by atoms with Gasteiger partial charge < -0.3 is 20.0 Å². The van der Waals surface area contributed by atoms with Gasteiger partial charge in [-0.15, -0.1) is 10.2 Å². The smallest absolute Gasteiger partial charge is 0.267 e. The molecule has 214 valence electrons. The highest BCUT2D eigenvalue weighted by Gasteiger charge is 2.38. The van der Waals surface area contributed by atoms with Gasteiger partial charge in [0.25, 0.3) is 11.8 Å². The summed E-state index contributed by atoms with van der Waals surface area (Å²) in [7, 11) is 0. The highest BCUT2D eigenvalue weighted by atomic mass is 35.5. The number of carbonyl (C=O) groups is 1. The normalized spacial score (nSPS) is 20.7. The number of nitrogen functional groups attached to an aromatic ring is 1. The molecule has 5 rings (SSSR count). The first-order valence-electron chi connectivity index (χ1n) is 14.2. The number of anilines is 2. The highest BCUT2D eigenvalue weighted by Crippen LogP contribution is 2.30. The molecule has 5 heterocycles. The Balaban J connectivity index is 1.23. The zero-order valence-electron chi connectivity index (χ0n) is 23.7. The summed E-state index contributed by atoms with van der Waals surface area (Å²) in [5.41, 5.74) is 7.84. The van der Waals surface area contributed by atoms with Crippen molar-refractivity contribution in [3.8, 4) is 11.6 Å². The van der Waals surface area contributed by atoms with Crippen molar-refractivity contribution in [2.45, 2.75) is 77.9 Å². The third-order valence-electron chi connectivity index (χ3n) is 8.04. The highest BCUT2D eigenvalue weighted by molar-refractivity contribution is 6.29. The van der Waals surface area contributed by atoms with E-state index in [4.69, 9.17) is 31.7 Å². The molecule has 11 nitrogen and oxygen atoms in total. The summed E-state index contributed by atoms with van der Waals surface area (Å²) < 4.78 is 5.76. The molecule has 2 aliphatic rings. The monoisotopic (exact) mass is 567 g/mol. The largest absolute Gasteiger partial charge is 0.419 e. The first-order valence-corrected chi connectivity index (χ1v) is 14.6. The molecule has 2 atom stereocenters. The number of nitrogens with two attached hydrogens (primary N) is 1. The van der Waals surface area contributed by atoms with Gasteiger partial charge in [0.2, 0.25) is 5.89 Å². The van der Waals surface area contributed by atoms with Gasteiger partial charge in [0.1, 0.15) is 22.5 Å². The second-order valence-corrected chi connectivity index (χ2v) is 11.2. The van der Waals surface area contributed by atoms with Crippen LogP contribution in [-0.4, -0.2) is 85.2 Å². The van der Waals surface area contributed by atoms with E-state index in [9.17, 15) is 4.79 Å². The number of hydrogen-bond acceptors (Lipinski definition) is 10. The van der Waals surface area contributed by atoms with Crippen molar-refractivity contribution in [2.75, 3.05) is 36.8 Å². The molecule has 2 fully saturated rings. The topological polar surface area (TPSA) is 130 Å². The number of amides is 1. The van der Waals surface area contributed by atoms with Crippen LogP contribution in [0.5, 0.6) is 0 Å². The van der Waals surface area contributed by atoms with Gasteiger partial charge in [0.05, 0.1) is 17.5 Å². The average molecular weight is 568 g/mol. The molecule has 0 saturated carbocycles. The first-order chi connectivity index (χ1) is 19.3. The van der Waals surface area contributed by atoms with Crippen molar-refractivity contribution in [3.05, 3.63) is 40.6 Å². The average Bonchev–Trinajstić information content (AvgIpc) is 3.42. The number of likely N-dealkylation sites (tertiary alicyclic amines) is 1. The van der Waals surface area contributed by atoms with Crippen LogP contribution in [0, 0.1) is 6.92 Å². The predicted molar refractivity (Wildman–Crippen MR) is 154 cm³/mol. The Morgan fingerprint density at radius 2 is 1.93 bits per heavy atom. The SMILES string of the molecule is CCCc1nnc(-c2cnc(N3C[C@H](CC)N(C4CCN(C(=O)c5ccc(Cl)nc5N)CC4)C[C@H]3C)c(C)n2)o1. The fourth-order valence-corrected chi connectivity index (χ4v) is 6.06. The van der Waals surface area contributed by atoms with Crippen molar-refractivity contribution in [2.24, 2.45) is 0 Å². The molecule has 40 heavy (non-hydrogen) atoms. The second-order valence-electron chi connectivity index (χ2n) is 10.8. The van der Waals surface area contributed by atoms with E-state index in [-0.39, 0.29) is 22.9 Å². The van der Waals surface area contributed by atoms with Crippen molar-refractivity contribution < 1.29 is 9.21 Å². The molecular weight excluding hydrogens is 530 g/mol. The van der Waals surface area contributed by atoms with Crippen LogP contribution in [0.2, 0.25) is 5.15 Å². The number of aromatic nitrogens is 5. The number of piperazine rings is 1. The molecule has 0 aliphatic carbocycles. The van der Waals surface area contributed by atoms with E-state index in [1.807, 2.05) is 11.8 Å². The Hall–Kier alpha value is -3.31. The molecule has 1 amide bonds. The number of carbonyl (C=O) groups excluding carboxylic acids is 1. The van der Waals surface area contributed by atoms with Gasteiger partial charge in [-0.3, -0.25) is 9.69 Å². The van der Waals surface area contributed by atoms with Crippen molar-refractivity contribution in [1.82, 2.24) is 34.9 Å². The van der Waals surface area contributed by atoms with Gasteiger partial charge in [0.15, 0.2) is 0 Å². The van der Waals surface area contributed by atoms with Crippen LogP contribution in [0.3, 0.4) is 0 Å². The summed E-state index contributed by atoms with van der Waals surface area (Å²) in [6.45, 7) is 11.7. The molecule has 0 aromatic carbocycles. The van der Waals surface area contributed by atoms with Crippen LogP contribution in [0.4, 0.5) is 11.6 Å². The van der Waals surface area contributed by atoms with Crippen LogP contribution < -0.4 is 10.6 Å². The van der Waals surface area contributed by atoms with E-state index in [2.05, 4.69) is 45.8 Å². The molecule has 0 unspecified atom stereocenters. The van der Waals surface area contributed by atoms with Crippen molar-refractivity contribution in [3.63, 3.8) is 0 Å². The number of hydrogen-bond donors (Lipinski definition) is 1. The summed E-state index contributed by atoms with van der Waals surface area (Å²) in [5.74, 6) is 2.04. The van der Waals surface area contributed by atoms with Gasteiger partial charge in [-0.2, -0.15) is 0 Å². The Morgan fingerprint density at radius 1 is 1.15 bits per heavy atom. The molecule has 0 bridgehead atoms. The van der Waals surface area contributed by atoms with E-state index in [0.717, 1.165) is 56.7 Å². The Bertz CT molecular complexity index is 1340. The predicted octanol–water partition coefficient (Wildman–Crippen LogP) is 4.01. The van der Waals surface area contributed by atoms with E-state index in [0.29, 0.717) is 48.2 Å². The molecule has 2 aliphatic heterocycles. The molecule has 0 radical (unpaired) electrons. The minimum absolute atomic E-state index is 0.0787. The van der Waals surface area contributed by atoms with E-state index in [1.54, 1.807) is 18.3 Å². The summed E-state index contributed by atoms with van der Waals surface area (Å²) in [5, 5.41) is 8.55. The second kappa shape index (κ2) is 12.1. The zero-order chi connectivity index (χ0) is 28.4. The molecular formula is C28H38ClN9O2. The zero-order valence-corrected chi connectivity index (χ0v) is 24.4. The quantitative estimate of drug-likeness (QED) is 0.418. The van der Waals surface area contributed by atoms with Gasteiger partial charge in [0, 0.05) is 50.7 Å². The molecule has 12 heteroatoms. The maximum atomic E-state index is 13.1. The van der Waals surface area contributed by atoms with E-state index >= 15 is 0 Å².